The van der Waals surface area contributed by atoms with E-state index in [1.54, 1.807) is 0 Å². The normalized spacial score (nSPS) is 19.6. The Morgan fingerprint density at radius 2 is 2.21 bits per heavy atom. The van der Waals surface area contributed by atoms with E-state index >= 15 is 0 Å². The monoisotopic (exact) mass is 189 g/mol. The van der Waals surface area contributed by atoms with E-state index in [1.807, 2.05) is 0 Å². The van der Waals surface area contributed by atoms with Gasteiger partial charge in [-0.3, -0.25) is 0 Å². The second kappa shape index (κ2) is 3.64. The Labute approximate surface area is 86.5 Å². The molecule has 0 aliphatic carbocycles. The van der Waals surface area contributed by atoms with Crippen LogP contribution in [0.2, 0.25) is 0 Å². The summed E-state index contributed by atoms with van der Waals surface area (Å²) >= 11 is 0. The molecule has 0 spiro atoms. The Morgan fingerprint density at radius 1 is 1.43 bits per heavy atom. The van der Waals surface area contributed by atoms with Crippen molar-refractivity contribution in [2.24, 2.45) is 5.92 Å². The van der Waals surface area contributed by atoms with Crippen LogP contribution in [0.15, 0.2) is 18.2 Å². The standard InChI is InChI=1S/C13H19N/c1-4-10-5-6-12-11(7-10)8-13(14-12)9(2)3/h5-7,9,13-14H,4,8H2,1-3H3. The Bertz CT molecular complexity index is 328. The van der Waals surface area contributed by atoms with Gasteiger partial charge < -0.3 is 5.32 Å². The maximum absolute atomic E-state index is 3.59. The fourth-order valence-electron chi connectivity index (χ4n) is 2.07. The molecule has 14 heavy (non-hydrogen) atoms. The molecule has 0 fully saturated rings. The highest BCUT2D eigenvalue weighted by Gasteiger charge is 2.22. The summed E-state index contributed by atoms with van der Waals surface area (Å²) in [4.78, 5) is 0. The molecule has 1 heterocycles. The lowest BCUT2D eigenvalue weighted by molar-refractivity contribution is 0.538. The quantitative estimate of drug-likeness (QED) is 0.753. The zero-order chi connectivity index (χ0) is 10.1. The van der Waals surface area contributed by atoms with Crippen LogP contribution in [0.4, 0.5) is 5.69 Å². The molecule has 1 unspecified atom stereocenters. The van der Waals surface area contributed by atoms with E-state index in [4.69, 9.17) is 0 Å². The molecule has 1 atom stereocenters. The molecule has 0 radical (unpaired) electrons. The van der Waals surface area contributed by atoms with E-state index in [1.165, 1.54) is 23.2 Å². The zero-order valence-electron chi connectivity index (χ0n) is 9.30. The molecular weight excluding hydrogens is 170 g/mol. The third-order valence-electron chi connectivity index (χ3n) is 3.16. The molecule has 2 rings (SSSR count). The van der Waals surface area contributed by atoms with Gasteiger partial charge in [-0.2, -0.15) is 0 Å². The number of nitrogens with one attached hydrogen (secondary N) is 1. The largest absolute Gasteiger partial charge is 0.381 e. The summed E-state index contributed by atoms with van der Waals surface area (Å²) in [7, 11) is 0. The number of anilines is 1. The molecular formula is C13H19N. The Balaban J connectivity index is 2.22. The topological polar surface area (TPSA) is 12.0 Å². The van der Waals surface area contributed by atoms with Crippen molar-refractivity contribution in [3.63, 3.8) is 0 Å². The van der Waals surface area contributed by atoms with Crippen LogP contribution >= 0.6 is 0 Å². The Hall–Kier alpha value is -0.980. The minimum atomic E-state index is 0.636. The number of aryl methyl sites for hydroxylation is 1. The lowest BCUT2D eigenvalue weighted by atomic mass is 9.99. The van der Waals surface area contributed by atoms with Crippen molar-refractivity contribution < 1.29 is 0 Å². The van der Waals surface area contributed by atoms with Gasteiger partial charge in [-0.25, -0.2) is 0 Å². The van der Waals surface area contributed by atoms with Crippen LogP contribution in [0.25, 0.3) is 0 Å². The third kappa shape index (κ3) is 1.63. The zero-order valence-corrected chi connectivity index (χ0v) is 9.30. The molecule has 76 valence electrons. The smallest absolute Gasteiger partial charge is 0.0376 e. The highest BCUT2D eigenvalue weighted by Crippen LogP contribution is 2.29. The minimum Gasteiger partial charge on any atom is -0.381 e. The maximum Gasteiger partial charge on any atom is 0.0376 e. The van der Waals surface area contributed by atoms with Crippen LogP contribution in [0.5, 0.6) is 0 Å². The number of hydrogen-bond donors (Lipinski definition) is 1. The average Bonchev–Trinajstić information content (AvgIpc) is 2.59. The van der Waals surface area contributed by atoms with Gasteiger partial charge in [0.05, 0.1) is 0 Å². The average molecular weight is 189 g/mol. The maximum atomic E-state index is 3.59. The van der Waals surface area contributed by atoms with Crippen LogP contribution in [-0.4, -0.2) is 6.04 Å². The lowest BCUT2D eigenvalue weighted by Crippen LogP contribution is -2.21. The third-order valence-corrected chi connectivity index (χ3v) is 3.16. The molecule has 1 aliphatic rings. The van der Waals surface area contributed by atoms with Gasteiger partial charge in [0.15, 0.2) is 0 Å². The molecule has 0 aromatic heterocycles. The Kier molecular flexibility index (Phi) is 2.49. The fraction of sp³-hybridized carbons (Fsp3) is 0.538. The second-order valence-electron chi connectivity index (χ2n) is 4.54. The fourth-order valence-corrected chi connectivity index (χ4v) is 2.07. The van der Waals surface area contributed by atoms with Gasteiger partial charge in [0.1, 0.15) is 0 Å². The molecule has 1 heteroatoms. The van der Waals surface area contributed by atoms with Gasteiger partial charge in [0, 0.05) is 11.7 Å². The van der Waals surface area contributed by atoms with E-state index in [9.17, 15) is 0 Å². The van der Waals surface area contributed by atoms with Crippen molar-refractivity contribution in [3.05, 3.63) is 29.3 Å². The summed E-state index contributed by atoms with van der Waals surface area (Å²) in [5.41, 5.74) is 4.30. The lowest BCUT2D eigenvalue weighted by Gasteiger charge is -2.14. The van der Waals surface area contributed by atoms with Gasteiger partial charge in [0.25, 0.3) is 0 Å². The van der Waals surface area contributed by atoms with Crippen molar-refractivity contribution in [2.75, 3.05) is 5.32 Å². The van der Waals surface area contributed by atoms with Gasteiger partial charge in [0.2, 0.25) is 0 Å². The first-order chi connectivity index (χ1) is 6.70. The summed E-state index contributed by atoms with van der Waals surface area (Å²) < 4.78 is 0. The van der Waals surface area contributed by atoms with Crippen LogP contribution in [0.1, 0.15) is 31.9 Å². The van der Waals surface area contributed by atoms with Gasteiger partial charge >= 0.3 is 0 Å². The van der Waals surface area contributed by atoms with Crippen molar-refractivity contribution in [3.8, 4) is 0 Å². The molecule has 1 N–H and O–H groups in total. The Morgan fingerprint density at radius 3 is 2.86 bits per heavy atom. The van der Waals surface area contributed by atoms with Crippen molar-refractivity contribution in [1.82, 2.24) is 0 Å². The molecule has 1 aliphatic heterocycles. The van der Waals surface area contributed by atoms with E-state index in [0.29, 0.717) is 12.0 Å². The van der Waals surface area contributed by atoms with Crippen LogP contribution in [0, 0.1) is 5.92 Å². The van der Waals surface area contributed by atoms with Crippen molar-refractivity contribution >= 4 is 5.69 Å². The first-order valence-electron chi connectivity index (χ1n) is 5.59. The van der Waals surface area contributed by atoms with Gasteiger partial charge in [-0.05, 0) is 36.0 Å². The van der Waals surface area contributed by atoms with E-state index in [-0.39, 0.29) is 0 Å². The minimum absolute atomic E-state index is 0.636. The molecule has 1 aromatic rings. The van der Waals surface area contributed by atoms with Crippen LogP contribution in [-0.2, 0) is 12.8 Å². The highest BCUT2D eigenvalue weighted by atomic mass is 15.0. The molecule has 0 saturated heterocycles. The predicted octanol–water partition coefficient (Wildman–Crippen LogP) is 3.24. The van der Waals surface area contributed by atoms with Crippen LogP contribution < -0.4 is 5.32 Å². The summed E-state index contributed by atoms with van der Waals surface area (Å²) in [6.45, 7) is 6.78. The van der Waals surface area contributed by atoms with Crippen molar-refractivity contribution in [1.29, 1.82) is 0 Å². The number of hydrogen-bond acceptors (Lipinski definition) is 1. The number of benzene rings is 1. The second-order valence-corrected chi connectivity index (χ2v) is 4.54. The SMILES string of the molecule is CCc1ccc2c(c1)CC(C(C)C)N2. The van der Waals surface area contributed by atoms with E-state index in [0.717, 1.165) is 6.42 Å². The summed E-state index contributed by atoms with van der Waals surface area (Å²) in [5, 5.41) is 3.59. The molecule has 0 saturated carbocycles. The summed E-state index contributed by atoms with van der Waals surface area (Å²) in [6, 6.07) is 7.45. The predicted molar refractivity (Wildman–Crippen MR) is 61.8 cm³/mol. The molecule has 0 bridgehead atoms. The summed E-state index contributed by atoms with van der Waals surface area (Å²) in [6.07, 6.45) is 2.33. The first kappa shape index (κ1) is 9.57. The number of fused-ring (bicyclic) bond motifs is 1. The van der Waals surface area contributed by atoms with Crippen LogP contribution in [0.3, 0.4) is 0 Å². The molecule has 1 aromatic carbocycles. The summed E-state index contributed by atoms with van der Waals surface area (Å²) in [5.74, 6) is 0.715. The van der Waals surface area contributed by atoms with Crippen molar-refractivity contribution in [2.45, 2.75) is 39.7 Å². The van der Waals surface area contributed by atoms with Gasteiger partial charge in [-0.1, -0.05) is 32.9 Å². The first-order valence-corrected chi connectivity index (χ1v) is 5.59. The molecule has 1 nitrogen and oxygen atoms in total. The number of rotatable bonds is 2. The van der Waals surface area contributed by atoms with E-state index in [2.05, 4.69) is 44.3 Å². The molecule has 0 amide bonds. The highest BCUT2D eigenvalue weighted by molar-refractivity contribution is 5.58. The van der Waals surface area contributed by atoms with Gasteiger partial charge in [-0.15, -0.1) is 0 Å². The van der Waals surface area contributed by atoms with E-state index < -0.39 is 0 Å².